The van der Waals surface area contributed by atoms with E-state index < -0.39 is 0 Å². The van der Waals surface area contributed by atoms with Crippen LogP contribution in [0.3, 0.4) is 0 Å². The molecule has 5 heteroatoms. The first-order valence-corrected chi connectivity index (χ1v) is 9.97. The molecule has 142 valence electrons. The predicted molar refractivity (Wildman–Crippen MR) is 102 cm³/mol. The number of likely N-dealkylation sites (N-methyl/N-ethyl adjacent to an activating group) is 1. The van der Waals surface area contributed by atoms with E-state index in [0.29, 0.717) is 12.0 Å². The normalized spacial score (nSPS) is 26.6. The summed E-state index contributed by atoms with van der Waals surface area (Å²) in [5.74, 6) is 1.11. The zero-order valence-corrected chi connectivity index (χ0v) is 15.8. The van der Waals surface area contributed by atoms with Crippen molar-refractivity contribution in [2.45, 2.75) is 38.1 Å². The molecule has 0 unspecified atom stereocenters. The maximum atomic E-state index is 12.8. The van der Waals surface area contributed by atoms with E-state index in [-0.39, 0.29) is 17.4 Å². The smallest absolute Gasteiger partial charge is 0.237 e. The summed E-state index contributed by atoms with van der Waals surface area (Å²) in [6, 6.07) is 9.97. The maximum Gasteiger partial charge on any atom is 0.237 e. The molecular weight excluding hydrogens is 326 g/mol. The quantitative estimate of drug-likeness (QED) is 0.818. The molecule has 1 spiro atoms. The lowest BCUT2D eigenvalue weighted by atomic mass is 9.77. The molecule has 3 aliphatic rings. The summed E-state index contributed by atoms with van der Waals surface area (Å²) in [4.78, 5) is 15.1. The molecular formula is C21H31N3O2. The molecule has 1 saturated carbocycles. The summed E-state index contributed by atoms with van der Waals surface area (Å²) in [7, 11) is 2.10. The topological polar surface area (TPSA) is 53.6 Å². The van der Waals surface area contributed by atoms with Crippen LogP contribution < -0.4 is 15.4 Å². The van der Waals surface area contributed by atoms with Crippen molar-refractivity contribution in [3.63, 3.8) is 0 Å². The highest BCUT2D eigenvalue weighted by atomic mass is 16.5. The van der Waals surface area contributed by atoms with Crippen molar-refractivity contribution in [1.82, 2.24) is 15.5 Å². The molecule has 5 nitrogen and oxygen atoms in total. The van der Waals surface area contributed by atoms with Crippen LogP contribution in [0.4, 0.5) is 0 Å². The highest BCUT2D eigenvalue weighted by Crippen LogP contribution is 2.46. The Morgan fingerprint density at radius 1 is 1.23 bits per heavy atom. The molecule has 2 saturated heterocycles. The SMILES string of the molecule is CN1CC2(CCNCC2)C[C@H]1C(=O)NCC1(COc2ccccc2)CC1. The van der Waals surface area contributed by atoms with Gasteiger partial charge in [0.1, 0.15) is 5.75 Å². The van der Waals surface area contributed by atoms with Gasteiger partial charge < -0.3 is 15.4 Å². The van der Waals surface area contributed by atoms with Gasteiger partial charge in [-0.1, -0.05) is 18.2 Å². The van der Waals surface area contributed by atoms with Crippen molar-refractivity contribution >= 4 is 5.91 Å². The number of ether oxygens (including phenoxy) is 1. The van der Waals surface area contributed by atoms with Crippen molar-refractivity contribution < 1.29 is 9.53 Å². The fourth-order valence-corrected chi connectivity index (χ4v) is 4.58. The van der Waals surface area contributed by atoms with Gasteiger partial charge in [0.2, 0.25) is 5.91 Å². The van der Waals surface area contributed by atoms with Crippen LogP contribution in [0, 0.1) is 10.8 Å². The molecule has 2 N–H and O–H groups in total. The summed E-state index contributed by atoms with van der Waals surface area (Å²) in [6.07, 6.45) is 5.66. The second-order valence-corrected chi connectivity index (χ2v) is 8.70. The lowest BCUT2D eigenvalue weighted by Crippen LogP contribution is -2.44. The van der Waals surface area contributed by atoms with Gasteiger partial charge in [-0.15, -0.1) is 0 Å². The number of para-hydroxylation sites is 1. The Balaban J connectivity index is 1.27. The van der Waals surface area contributed by atoms with Crippen LogP contribution in [-0.4, -0.2) is 56.7 Å². The molecule has 0 radical (unpaired) electrons. The molecule has 2 aliphatic heterocycles. The number of rotatable bonds is 6. The number of amides is 1. The van der Waals surface area contributed by atoms with Crippen molar-refractivity contribution in [3.8, 4) is 5.75 Å². The van der Waals surface area contributed by atoms with Gasteiger partial charge in [0, 0.05) is 18.5 Å². The molecule has 1 aromatic carbocycles. The molecule has 1 aromatic rings. The van der Waals surface area contributed by atoms with Crippen LogP contribution >= 0.6 is 0 Å². The van der Waals surface area contributed by atoms with Gasteiger partial charge in [0.15, 0.2) is 0 Å². The van der Waals surface area contributed by atoms with E-state index in [1.165, 1.54) is 12.8 Å². The minimum absolute atomic E-state index is 0.0268. The molecule has 0 bridgehead atoms. The molecule has 4 rings (SSSR count). The number of likely N-dealkylation sites (tertiary alicyclic amines) is 1. The molecule has 1 aliphatic carbocycles. The monoisotopic (exact) mass is 357 g/mol. The fraction of sp³-hybridized carbons (Fsp3) is 0.667. The third-order valence-corrected chi connectivity index (χ3v) is 6.59. The minimum atomic E-state index is 0.0268. The summed E-state index contributed by atoms with van der Waals surface area (Å²) in [5, 5.41) is 6.68. The van der Waals surface area contributed by atoms with Crippen LogP contribution in [0.1, 0.15) is 32.1 Å². The molecule has 1 atom stereocenters. The van der Waals surface area contributed by atoms with E-state index in [1.807, 2.05) is 30.3 Å². The number of nitrogens with one attached hydrogen (secondary N) is 2. The van der Waals surface area contributed by atoms with Crippen LogP contribution in [0.15, 0.2) is 30.3 Å². The first-order valence-electron chi connectivity index (χ1n) is 9.97. The van der Waals surface area contributed by atoms with Crippen LogP contribution in [0.5, 0.6) is 5.75 Å². The van der Waals surface area contributed by atoms with Gasteiger partial charge in [-0.3, -0.25) is 9.69 Å². The average Bonchev–Trinajstić information content (AvgIpc) is 3.37. The Morgan fingerprint density at radius 3 is 2.65 bits per heavy atom. The summed E-state index contributed by atoms with van der Waals surface area (Å²) >= 11 is 0. The Morgan fingerprint density at radius 2 is 1.96 bits per heavy atom. The largest absolute Gasteiger partial charge is 0.493 e. The number of nitrogens with zero attached hydrogens (tertiary/aromatic N) is 1. The Labute approximate surface area is 156 Å². The second kappa shape index (κ2) is 7.20. The highest BCUT2D eigenvalue weighted by molar-refractivity contribution is 5.82. The van der Waals surface area contributed by atoms with Crippen molar-refractivity contribution in [2.75, 3.05) is 39.8 Å². The Bertz CT molecular complexity index is 623. The molecule has 1 amide bonds. The van der Waals surface area contributed by atoms with Crippen LogP contribution in [0.25, 0.3) is 0 Å². The zero-order chi connectivity index (χ0) is 18.0. The summed E-state index contributed by atoms with van der Waals surface area (Å²) in [5.41, 5.74) is 0.477. The number of hydrogen-bond donors (Lipinski definition) is 2. The minimum Gasteiger partial charge on any atom is -0.493 e. The average molecular weight is 357 g/mol. The van der Waals surface area contributed by atoms with E-state index in [9.17, 15) is 4.79 Å². The third-order valence-electron chi connectivity index (χ3n) is 6.59. The molecule has 26 heavy (non-hydrogen) atoms. The first-order chi connectivity index (χ1) is 12.6. The standard InChI is InChI=1S/C21H31N3O2/c1-24-15-20(9-11-22-12-10-20)13-18(24)19(25)23-14-21(7-8-21)16-26-17-5-3-2-4-6-17/h2-6,18,22H,7-16H2,1H3,(H,23,25)/t18-/m0/s1. The molecule has 0 aromatic heterocycles. The van der Waals surface area contributed by atoms with Crippen LogP contribution in [-0.2, 0) is 4.79 Å². The van der Waals surface area contributed by atoms with E-state index in [2.05, 4.69) is 22.6 Å². The van der Waals surface area contributed by atoms with E-state index in [4.69, 9.17) is 4.74 Å². The third kappa shape index (κ3) is 3.89. The number of benzene rings is 1. The van der Waals surface area contributed by atoms with Crippen molar-refractivity contribution in [3.05, 3.63) is 30.3 Å². The lowest BCUT2D eigenvalue weighted by Gasteiger charge is -2.33. The van der Waals surface area contributed by atoms with E-state index in [0.717, 1.165) is 51.2 Å². The Kier molecular flexibility index (Phi) is 4.93. The van der Waals surface area contributed by atoms with Gasteiger partial charge in [0.25, 0.3) is 0 Å². The van der Waals surface area contributed by atoms with E-state index >= 15 is 0 Å². The predicted octanol–water partition coefficient (Wildman–Crippen LogP) is 2.04. The number of carbonyl (C=O) groups excluding carboxylic acids is 1. The summed E-state index contributed by atoms with van der Waals surface area (Å²) < 4.78 is 5.93. The second-order valence-electron chi connectivity index (χ2n) is 8.70. The van der Waals surface area contributed by atoms with Crippen LogP contribution in [0.2, 0.25) is 0 Å². The molecule has 3 fully saturated rings. The van der Waals surface area contributed by atoms with Gasteiger partial charge in [-0.05, 0) is 69.8 Å². The summed E-state index contributed by atoms with van der Waals surface area (Å²) in [6.45, 7) is 4.64. The lowest BCUT2D eigenvalue weighted by molar-refractivity contribution is -0.125. The number of hydrogen-bond acceptors (Lipinski definition) is 4. The van der Waals surface area contributed by atoms with Gasteiger partial charge in [-0.25, -0.2) is 0 Å². The highest BCUT2D eigenvalue weighted by Gasteiger charge is 2.47. The zero-order valence-electron chi connectivity index (χ0n) is 15.8. The number of carbonyl (C=O) groups is 1. The van der Waals surface area contributed by atoms with Gasteiger partial charge in [-0.2, -0.15) is 0 Å². The van der Waals surface area contributed by atoms with E-state index in [1.54, 1.807) is 0 Å². The van der Waals surface area contributed by atoms with Crippen molar-refractivity contribution in [2.24, 2.45) is 10.8 Å². The number of piperidine rings is 1. The maximum absolute atomic E-state index is 12.8. The first kappa shape index (κ1) is 17.8. The fourth-order valence-electron chi connectivity index (χ4n) is 4.58. The van der Waals surface area contributed by atoms with Gasteiger partial charge >= 0.3 is 0 Å². The Hall–Kier alpha value is -1.59. The molecule has 2 heterocycles. The van der Waals surface area contributed by atoms with Gasteiger partial charge in [0.05, 0.1) is 12.6 Å². The van der Waals surface area contributed by atoms with Crippen molar-refractivity contribution in [1.29, 1.82) is 0 Å².